The molecule has 5 aromatic carbocycles. The zero-order valence-electron chi connectivity index (χ0n) is 18.3. The van der Waals surface area contributed by atoms with Gasteiger partial charge in [-0.1, -0.05) is 30.3 Å². The lowest BCUT2D eigenvalue weighted by Crippen LogP contribution is -2.60. The van der Waals surface area contributed by atoms with Crippen LogP contribution in [0.1, 0.15) is 0 Å². The highest BCUT2D eigenvalue weighted by atomic mass is 32.1. The van der Waals surface area contributed by atoms with Crippen LogP contribution in [-0.2, 0) is 0 Å². The van der Waals surface area contributed by atoms with Crippen molar-refractivity contribution in [3.63, 3.8) is 0 Å². The Balaban J connectivity index is 1.50. The van der Waals surface area contributed by atoms with Gasteiger partial charge in [0, 0.05) is 42.1 Å². The van der Waals surface area contributed by atoms with Crippen molar-refractivity contribution in [2.45, 2.75) is 0 Å². The van der Waals surface area contributed by atoms with Gasteiger partial charge in [0.1, 0.15) is 23.0 Å². The van der Waals surface area contributed by atoms with Gasteiger partial charge in [-0.3, -0.25) is 0 Å². The quantitative estimate of drug-likeness (QED) is 0.250. The van der Waals surface area contributed by atoms with Gasteiger partial charge in [-0.15, -0.1) is 11.3 Å². The summed E-state index contributed by atoms with van der Waals surface area (Å²) in [5.41, 5.74) is 7.35. The smallest absolute Gasteiger partial charge is 0.266 e. The van der Waals surface area contributed by atoms with E-state index in [-0.39, 0.29) is 6.71 Å². The summed E-state index contributed by atoms with van der Waals surface area (Å²) in [5.74, 6) is 3.69. The number of rotatable bonds is 0. The van der Waals surface area contributed by atoms with Crippen LogP contribution in [0.2, 0.25) is 0 Å². The van der Waals surface area contributed by atoms with E-state index in [0.717, 1.165) is 28.5 Å². The van der Waals surface area contributed by atoms with Crippen LogP contribution in [0.5, 0.6) is 23.0 Å². The zero-order valence-corrected chi connectivity index (χ0v) is 19.1. The summed E-state index contributed by atoms with van der Waals surface area (Å²) in [5, 5.41) is 5.30. The van der Waals surface area contributed by atoms with Gasteiger partial charge in [-0.05, 0) is 65.5 Å². The summed E-state index contributed by atoms with van der Waals surface area (Å²) in [4.78, 5) is 0. The molecule has 2 aromatic heterocycles. The van der Waals surface area contributed by atoms with E-state index in [1.165, 1.54) is 58.6 Å². The summed E-state index contributed by atoms with van der Waals surface area (Å²) < 4.78 is 18.1. The van der Waals surface area contributed by atoms with Gasteiger partial charge >= 0.3 is 0 Å². The second kappa shape index (κ2) is 5.53. The van der Waals surface area contributed by atoms with Gasteiger partial charge < -0.3 is 14.0 Å². The molecule has 0 radical (unpaired) electrons. The summed E-state index contributed by atoms with van der Waals surface area (Å²) in [6, 6.07) is 30.4. The van der Waals surface area contributed by atoms with Gasteiger partial charge in [0.2, 0.25) is 0 Å². The largest absolute Gasteiger partial charge is 0.458 e. The Morgan fingerprint density at radius 2 is 1.34 bits per heavy atom. The van der Waals surface area contributed by atoms with Gasteiger partial charge in [0.05, 0.1) is 11.0 Å². The van der Waals surface area contributed by atoms with E-state index in [1.54, 1.807) is 0 Å². The highest BCUT2D eigenvalue weighted by molar-refractivity contribution is 7.26. The third-order valence-electron chi connectivity index (χ3n) is 8.05. The molecule has 10 rings (SSSR count). The molecule has 0 atom stereocenters. The highest BCUT2D eigenvalue weighted by Gasteiger charge is 2.46. The fourth-order valence-corrected chi connectivity index (χ4v) is 7.91. The lowest BCUT2D eigenvalue weighted by Gasteiger charge is -2.37. The number of nitrogens with zero attached hydrogens (tertiary/aromatic N) is 1. The number of fused-ring (bicyclic) bond motifs is 8. The molecule has 7 aromatic rings. The van der Waals surface area contributed by atoms with Crippen LogP contribution in [0, 0.1) is 0 Å². The molecule has 0 fully saturated rings. The van der Waals surface area contributed by atoms with Crippen LogP contribution in [0.4, 0.5) is 0 Å². The minimum Gasteiger partial charge on any atom is -0.458 e. The van der Waals surface area contributed by atoms with Crippen LogP contribution in [-0.4, -0.2) is 11.3 Å². The van der Waals surface area contributed by atoms with Gasteiger partial charge in [-0.2, -0.15) is 0 Å². The van der Waals surface area contributed by atoms with Crippen LogP contribution in [0.25, 0.3) is 47.7 Å². The van der Waals surface area contributed by atoms with Crippen molar-refractivity contribution in [2.24, 2.45) is 0 Å². The van der Waals surface area contributed by atoms with E-state index in [9.17, 15) is 0 Å². The molecule has 3 nitrogen and oxygen atoms in total. The van der Waals surface area contributed by atoms with Crippen LogP contribution in [0.3, 0.4) is 0 Å². The SMILES string of the molecule is c1cc2c3c(c1)Oc1ccc4c5c6c(ccc5n5c4c1B3c1c(cccc1-5)O2)sc1ccccc16. The van der Waals surface area contributed by atoms with E-state index in [0.29, 0.717) is 0 Å². The van der Waals surface area contributed by atoms with Crippen molar-refractivity contribution < 1.29 is 9.47 Å². The Bertz CT molecular complexity index is 2120. The minimum atomic E-state index is 0.111. The third kappa shape index (κ3) is 1.81. The van der Waals surface area contributed by atoms with Gasteiger partial charge in [0.25, 0.3) is 6.71 Å². The first-order valence-corrected chi connectivity index (χ1v) is 12.7. The standard InChI is InChI=1S/C30H14BNO2S/c1-2-10-23-15(5-1)26-24(35-23)14-12-17-25(26)16-11-13-22-29-30(16)32(17)18-6-3-7-19-27(18)31(29)28-20(33-19)8-4-9-21(28)34-22/h1-14H. The monoisotopic (exact) mass is 463 g/mol. The lowest BCUT2D eigenvalue weighted by atomic mass is 9.33. The number of ether oxygens (including phenoxy) is 2. The fraction of sp³-hybridized carbons (Fsp3) is 0. The van der Waals surface area contributed by atoms with Gasteiger partial charge in [0.15, 0.2) is 0 Å². The first-order chi connectivity index (χ1) is 17.4. The van der Waals surface area contributed by atoms with E-state index in [2.05, 4.69) is 83.4 Å². The number of hydrogen-bond donors (Lipinski definition) is 0. The molecule has 0 spiro atoms. The van der Waals surface area contributed by atoms with E-state index >= 15 is 0 Å². The maximum atomic E-state index is 6.52. The number of hydrogen-bond acceptors (Lipinski definition) is 3. The second-order valence-corrected chi connectivity index (χ2v) is 10.7. The molecule has 0 aliphatic carbocycles. The maximum Gasteiger partial charge on any atom is 0.266 e. The molecule has 160 valence electrons. The van der Waals surface area contributed by atoms with E-state index in [4.69, 9.17) is 9.47 Å². The van der Waals surface area contributed by atoms with Crippen molar-refractivity contribution in [1.29, 1.82) is 0 Å². The van der Waals surface area contributed by atoms with Crippen LogP contribution < -0.4 is 25.9 Å². The minimum absolute atomic E-state index is 0.111. The number of benzene rings is 5. The molecule has 0 amide bonds. The summed E-state index contributed by atoms with van der Waals surface area (Å²) in [6.07, 6.45) is 0. The van der Waals surface area contributed by atoms with E-state index in [1.807, 2.05) is 17.4 Å². The molecule has 5 heterocycles. The molecular weight excluding hydrogens is 449 g/mol. The molecule has 35 heavy (non-hydrogen) atoms. The summed E-state index contributed by atoms with van der Waals surface area (Å²) >= 11 is 1.87. The van der Waals surface area contributed by atoms with E-state index < -0.39 is 0 Å². The Hall–Kier alpha value is -4.22. The van der Waals surface area contributed by atoms with Crippen molar-refractivity contribution in [1.82, 2.24) is 4.57 Å². The predicted molar refractivity (Wildman–Crippen MR) is 145 cm³/mol. The van der Waals surface area contributed by atoms with Crippen molar-refractivity contribution in [3.05, 3.63) is 84.9 Å². The van der Waals surface area contributed by atoms with Crippen LogP contribution >= 0.6 is 11.3 Å². The molecule has 0 saturated heterocycles. The van der Waals surface area contributed by atoms with Crippen LogP contribution in [0.15, 0.2) is 84.9 Å². The zero-order chi connectivity index (χ0) is 22.4. The lowest BCUT2D eigenvalue weighted by molar-refractivity contribution is 0.464. The topological polar surface area (TPSA) is 23.4 Å². The Morgan fingerprint density at radius 3 is 2.23 bits per heavy atom. The second-order valence-electron chi connectivity index (χ2n) is 9.63. The maximum absolute atomic E-state index is 6.52. The fourth-order valence-electron chi connectivity index (χ4n) is 6.80. The normalized spacial score (nSPS) is 14.1. The molecule has 3 aliphatic rings. The molecule has 0 N–H and O–H groups in total. The Labute approximate surface area is 203 Å². The molecule has 0 bridgehead atoms. The number of thiophene rings is 1. The van der Waals surface area contributed by atoms with Crippen molar-refractivity contribution >= 4 is 76.4 Å². The summed E-state index contributed by atoms with van der Waals surface area (Å²) in [6.45, 7) is 0.111. The highest BCUT2D eigenvalue weighted by Crippen LogP contribution is 2.46. The summed E-state index contributed by atoms with van der Waals surface area (Å²) in [7, 11) is 0. The molecular formula is C30H14BNO2S. The average Bonchev–Trinajstić information content (AvgIpc) is 3.44. The molecule has 0 saturated carbocycles. The molecule has 0 unspecified atom stereocenters. The molecule has 5 heteroatoms. The molecule has 3 aliphatic heterocycles. The first kappa shape index (κ1) is 17.3. The third-order valence-corrected chi connectivity index (χ3v) is 9.18. The number of aromatic nitrogens is 1. The van der Waals surface area contributed by atoms with Crippen molar-refractivity contribution in [3.8, 4) is 28.7 Å². The van der Waals surface area contributed by atoms with Gasteiger partial charge in [-0.25, -0.2) is 0 Å². The first-order valence-electron chi connectivity index (χ1n) is 11.9. The average molecular weight is 463 g/mol. The Kier molecular flexibility index (Phi) is 2.73. The predicted octanol–water partition coefficient (Wildman–Crippen LogP) is 6.19. The Morgan fingerprint density at radius 1 is 0.571 bits per heavy atom. The van der Waals surface area contributed by atoms with Crippen molar-refractivity contribution in [2.75, 3.05) is 0 Å².